The Labute approximate surface area is 93.3 Å². The molecule has 0 saturated carbocycles. The van der Waals surface area contributed by atoms with Crippen LogP contribution in [0.15, 0.2) is 10.5 Å². The number of hydrogen-bond donors (Lipinski definition) is 1. The topological polar surface area (TPSA) is 50.2 Å². The first kappa shape index (κ1) is 12.0. The van der Waals surface area contributed by atoms with Crippen LogP contribution in [-0.4, -0.2) is 16.1 Å². The summed E-state index contributed by atoms with van der Waals surface area (Å²) in [7, 11) is 0. The van der Waals surface area contributed by atoms with Gasteiger partial charge in [0.15, 0.2) is 0 Å². The Hall–Kier alpha value is -1.04. The predicted octanol–water partition coefficient (Wildman–Crippen LogP) is 2.72. The number of hydrogen-bond acceptors (Lipinski definition) is 2. The van der Waals surface area contributed by atoms with Gasteiger partial charge in [-0.15, -0.1) is 0 Å². The number of carbonyl (C=O) groups is 1. The molecule has 0 unspecified atom stereocenters. The molecule has 3 nitrogen and oxygen atoms in total. The van der Waals surface area contributed by atoms with E-state index in [1.54, 1.807) is 6.92 Å². The van der Waals surface area contributed by atoms with E-state index in [4.69, 9.17) is 5.11 Å². The molecule has 0 spiro atoms. The summed E-state index contributed by atoms with van der Waals surface area (Å²) >= 11 is 2.94. The number of carboxylic acids is 1. The van der Waals surface area contributed by atoms with Crippen LogP contribution in [0.25, 0.3) is 0 Å². The zero-order valence-corrected chi connectivity index (χ0v) is 9.38. The highest BCUT2D eigenvalue weighted by Crippen LogP contribution is 2.29. The van der Waals surface area contributed by atoms with E-state index >= 15 is 0 Å². The van der Waals surface area contributed by atoms with Crippen molar-refractivity contribution in [3.8, 4) is 0 Å². The number of pyridine rings is 1. The minimum atomic E-state index is -2.72. The van der Waals surface area contributed by atoms with Crippen LogP contribution in [0.5, 0.6) is 0 Å². The molecule has 0 atom stereocenters. The first-order valence-corrected chi connectivity index (χ1v) is 4.87. The summed E-state index contributed by atoms with van der Waals surface area (Å²) in [6.07, 6.45) is -3.02. The van der Waals surface area contributed by atoms with Gasteiger partial charge in [-0.3, -0.25) is 9.78 Å². The molecule has 15 heavy (non-hydrogen) atoms. The molecule has 0 aliphatic heterocycles. The van der Waals surface area contributed by atoms with Gasteiger partial charge in [0.25, 0.3) is 6.43 Å². The summed E-state index contributed by atoms with van der Waals surface area (Å²) in [5.41, 5.74) is 0.279. The summed E-state index contributed by atoms with van der Waals surface area (Å²) in [6.45, 7) is 1.55. The molecular weight excluding hydrogens is 272 g/mol. The molecule has 0 aliphatic rings. The second-order valence-corrected chi connectivity index (χ2v) is 3.79. The lowest BCUT2D eigenvalue weighted by atomic mass is 10.1. The molecular formula is C9H8BrF2NO2. The molecule has 0 radical (unpaired) electrons. The average molecular weight is 280 g/mol. The van der Waals surface area contributed by atoms with Crippen LogP contribution in [-0.2, 0) is 11.2 Å². The predicted molar refractivity (Wildman–Crippen MR) is 53.0 cm³/mol. The van der Waals surface area contributed by atoms with E-state index in [0.29, 0.717) is 11.3 Å². The maximum absolute atomic E-state index is 12.5. The number of aryl methyl sites for hydroxylation is 1. The third-order valence-corrected chi connectivity index (χ3v) is 2.65. The van der Waals surface area contributed by atoms with E-state index < -0.39 is 18.1 Å². The van der Waals surface area contributed by atoms with Crippen molar-refractivity contribution in [1.29, 1.82) is 0 Å². The lowest BCUT2D eigenvalue weighted by Gasteiger charge is -2.08. The lowest BCUT2D eigenvalue weighted by molar-refractivity contribution is -0.136. The molecule has 1 aromatic rings. The third-order valence-electron chi connectivity index (χ3n) is 1.74. The van der Waals surface area contributed by atoms with Crippen LogP contribution in [0.3, 0.4) is 0 Å². The smallest absolute Gasteiger partial charge is 0.307 e. The Morgan fingerprint density at radius 3 is 2.73 bits per heavy atom. The monoisotopic (exact) mass is 279 g/mol. The van der Waals surface area contributed by atoms with E-state index in [1.165, 1.54) is 6.07 Å². The first-order valence-electron chi connectivity index (χ1n) is 4.07. The average Bonchev–Trinajstić information content (AvgIpc) is 2.09. The fraction of sp³-hybridized carbons (Fsp3) is 0.333. The van der Waals surface area contributed by atoms with Crippen LogP contribution in [0.2, 0.25) is 0 Å². The van der Waals surface area contributed by atoms with E-state index in [-0.39, 0.29) is 10.9 Å². The zero-order valence-electron chi connectivity index (χ0n) is 7.80. The minimum Gasteiger partial charge on any atom is -0.481 e. The van der Waals surface area contributed by atoms with E-state index in [1.807, 2.05) is 0 Å². The Balaban J connectivity index is 3.21. The van der Waals surface area contributed by atoms with Gasteiger partial charge in [-0.1, -0.05) is 0 Å². The fourth-order valence-corrected chi connectivity index (χ4v) is 1.70. The van der Waals surface area contributed by atoms with Crippen LogP contribution in [0, 0.1) is 6.92 Å². The molecule has 0 amide bonds. The SMILES string of the molecule is Cc1cc(CC(=O)O)c(Br)c(C(F)F)n1. The van der Waals surface area contributed by atoms with Gasteiger partial charge in [-0.05, 0) is 34.5 Å². The van der Waals surface area contributed by atoms with Gasteiger partial charge in [-0.25, -0.2) is 8.78 Å². The van der Waals surface area contributed by atoms with Crippen molar-refractivity contribution in [3.05, 3.63) is 27.5 Å². The van der Waals surface area contributed by atoms with Crippen molar-refractivity contribution in [2.75, 3.05) is 0 Å². The van der Waals surface area contributed by atoms with Crippen molar-refractivity contribution in [2.24, 2.45) is 0 Å². The largest absolute Gasteiger partial charge is 0.481 e. The van der Waals surface area contributed by atoms with Crippen molar-refractivity contribution in [1.82, 2.24) is 4.98 Å². The van der Waals surface area contributed by atoms with Crippen LogP contribution in [0.1, 0.15) is 23.4 Å². The van der Waals surface area contributed by atoms with Crippen molar-refractivity contribution in [2.45, 2.75) is 19.8 Å². The van der Waals surface area contributed by atoms with Gasteiger partial charge >= 0.3 is 5.97 Å². The lowest BCUT2D eigenvalue weighted by Crippen LogP contribution is -2.05. The Morgan fingerprint density at radius 2 is 2.27 bits per heavy atom. The number of aliphatic carboxylic acids is 1. The standard InChI is InChI=1S/C9H8BrF2NO2/c1-4-2-5(3-6(14)15)7(10)8(13-4)9(11)12/h2,9H,3H2,1H3,(H,14,15). The molecule has 0 fully saturated rings. The molecule has 6 heteroatoms. The van der Waals surface area contributed by atoms with Gasteiger partial charge in [0.1, 0.15) is 5.69 Å². The molecule has 0 aromatic carbocycles. The summed E-state index contributed by atoms with van der Waals surface area (Å²) in [5.74, 6) is -1.07. The van der Waals surface area contributed by atoms with Gasteiger partial charge in [0.05, 0.1) is 6.42 Å². The van der Waals surface area contributed by atoms with Gasteiger partial charge in [-0.2, -0.15) is 0 Å². The van der Waals surface area contributed by atoms with Gasteiger partial charge in [0, 0.05) is 10.2 Å². The Morgan fingerprint density at radius 1 is 1.67 bits per heavy atom. The van der Waals surface area contributed by atoms with E-state index in [9.17, 15) is 13.6 Å². The van der Waals surface area contributed by atoms with Crippen LogP contribution >= 0.6 is 15.9 Å². The summed E-state index contributed by atoms with van der Waals surface area (Å²) < 4.78 is 25.0. The first-order chi connectivity index (χ1) is 6.91. The van der Waals surface area contributed by atoms with Crippen molar-refractivity contribution >= 4 is 21.9 Å². The second-order valence-electron chi connectivity index (χ2n) is 2.99. The van der Waals surface area contributed by atoms with Crippen LogP contribution < -0.4 is 0 Å². The number of carboxylic acid groups (broad SMARTS) is 1. The van der Waals surface area contributed by atoms with Gasteiger partial charge < -0.3 is 5.11 Å². The maximum Gasteiger partial charge on any atom is 0.307 e. The minimum absolute atomic E-state index is 0.0745. The van der Waals surface area contributed by atoms with Gasteiger partial charge in [0.2, 0.25) is 0 Å². The van der Waals surface area contributed by atoms with E-state index in [0.717, 1.165) is 0 Å². The van der Waals surface area contributed by atoms with Crippen molar-refractivity contribution in [3.63, 3.8) is 0 Å². The zero-order chi connectivity index (χ0) is 11.6. The highest BCUT2D eigenvalue weighted by Gasteiger charge is 2.18. The van der Waals surface area contributed by atoms with Crippen LogP contribution in [0.4, 0.5) is 8.78 Å². The van der Waals surface area contributed by atoms with E-state index in [2.05, 4.69) is 20.9 Å². The molecule has 0 aliphatic carbocycles. The second kappa shape index (κ2) is 4.65. The quantitative estimate of drug-likeness (QED) is 0.926. The molecule has 0 saturated heterocycles. The molecule has 1 aromatic heterocycles. The Bertz CT molecular complexity index is 396. The summed E-state index contributed by atoms with van der Waals surface area (Å²) in [6, 6.07) is 1.48. The highest BCUT2D eigenvalue weighted by atomic mass is 79.9. The number of alkyl halides is 2. The fourth-order valence-electron chi connectivity index (χ4n) is 1.19. The summed E-state index contributed by atoms with van der Waals surface area (Å²) in [4.78, 5) is 14.1. The molecule has 0 bridgehead atoms. The van der Waals surface area contributed by atoms with Crippen molar-refractivity contribution < 1.29 is 18.7 Å². The Kier molecular flexibility index (Phi) is 3.73. The maximum atomic E-state index is 12.5. The molecule has 1 heterocycles. The molecule has 82 valence electrons. The third kappa shape index (κ3) is 2.95. The number of halogens is 3. The number of nitrogens with zero attached hydrogens (tertiary/aromatic N) is 1. The molecule has 1 rings (SSSR count). The number of rotatable bonds is 3. The molecule has 1 N–H and O–H groups in total. The summed E-state index contributed by atoms with van der Waals surface area (Å²) in [5, 5.41) is 8.58. The number of aromatic nitrogens is 1. The highest BCUT2D eigenvalue weighted by molar-refractivity contribution is 9.10. The normalized spacial score (nSPS) is 10.7.